The molecule has 3 aromatic carbocycles. The van der Waals surface area contributed by atoms with Crippen LogP contribution in [0.25, 0.3) is 0 Å². The Morgan fingerprint density at radius 1 is 0.444 bits per heavy atom. The molecule has 0 saturated heterocycles. The molecule has 14 heteroatoms. The lowest BCUT2D eigenvalue weighted by Gasteiger charge is -2.11. The Morgan fingerprint density at radius 2 is 0.667 bits per heavy atom. The number of halogens is 10. The molecule has 0 aliphatic carbocycles. The molecule has 0 fully saturated rings. The van der Waals surface area contributed by atoms with E-state index in [1.54, 1.807) is 0 Å². The fraction of sp³-hybridized carbons (Fsp3) is 0.0909. The van der Waals surface area contributed by atoms with E-state index in [0.29, 0.717) is 0 Å². The van der Waals surface area contributed by atoms with Crippen molar-refractivity contribution in [2.24, 2.45) is 0 Å². The normalized spacial score (nSPS) is 10.9. The van der Waals surface area contributed by atoms with E-state index in [4.69, 9.17) is 0 Å². The fourth-order valence-electron chi connectivity index (χ4n) is 2.92. The first kappa shape index (κ1) is 26.5. The third kappa shape index (κ3) is 4.83. The summed E-state index contributed by atoms with van der Waals surface area (Å²) in [6.07, 6.45) is 0. The minimum atomic E-state index is -2.43. The number of carbonyl (C=O) groups excluding carboxylic acids is 2. The predicted octanol–water partition coefficient (Wildman–Crippen LogP) is 4.94. The van der Waals surface area contributed by atoms with Crippen molar-refractivity contribution in [1.82, 2.24) is 10.6 Å². The van der Waals surface area contributed by atoms with E-state index in [-0.39, 0.29) is 11.1 Å². The van der Waals surface area contributed by atoms with Crippen LogP contribution in [0.4, 0.5) is 43.9 Å². The second-order valence-electron chi connectivity index (χ2n) is 7.07. The molecule has 0 radical (unpaired) electrons. The summed E-state index contributed by atoms with van der Waals surface area (Å²) in [5, 5.41) is 3.92. The molecule has 0 unspecified atom stereocenters. The van der Waals surface area contributed by atoms with Crippen molar-refractivity contribution in [3.8, 4) is 0 Å². The molecule has 0 saturated carbocycles. The van der Waals surface area contributed by atoms with Gasteiger partial charge in [0, 0.05) is 13.1 Å². The van der Waals surface area contributed by atoms with E-state index in [0.717, 1.165) is 0 Å². The highest BCUT2D eigenvalue weighted by molar-refractivity contribution is 5.95. The molecule has 2 N–H and O–H groups in total. The summed E-state index contributed by atoms with van der Waals surface area (Å²) in [5.41, 5.74) is -2.86. The van der Waals surface area contributed by atoms with Crippen LogP contribution in [0.3, 0.4) is 0 Å². The molecule has 0 aliphatic rings. The van der Waals surface area contributed by atoms with Gasteiger partial charge in [-0.15, -0.1) is 0 Å². The Morgan fingerprint density at radius 3 is 0.917 bits per heavy atom. The minimum Gasteiger partial charge on any atom is -0.348 e. The first-order valence-corrected chi connectivity index (χ1v) is 9.53. The summed E-state index contributed by atoms with van der Waals surface area (Å²) in [6.45, 7) is -0.870. The molecular weight excluding hydrogens is 514 g/mol. The van der Waals surface area contributed by atoms with Crippen LogP contribution in [0, 0.1) is 58.2 Å². The maximum Gasteiger partial charge on any atom is 0.257 e. The zero-order valence-electron chi connectivity index (χ0n) is 17.3. The highest BCUT2D eigenvalue weighted by Crippen LogP contribution is 2.24. The van der Waals surface area contributed by atoms with Crippen LogP contribution in [0.5, 0.6) is 0 Å². The molecule has 36 heavy (non-hydrogen) atoms. The number of hydrogen-bond acceptors (Lipinski definition) is 2. The van der Waals surface area contributed by atoms with Gasteiger partial charge in [-0.25, -0.2) is 43.9 Å². The van der Waals surface area contributed by atoms with Crippen LogP contribution in [0.15, 0.2) is 24.3 Å². The Kier molecular flexibility index (Phi) is 7.55. The lowest BCUT2D eigenvalue weighted by atomic mass is 10.1. The van der Waals surface area contributed by atoms with E-state index < -0.39 is 94.2 Å². The summed E-state index contributed by atoms with van der Waals surface area (Å²) in [4.78, 5) is 23.9. The van der Waals surface area contributed by atoms with Crippen molar-refractivity contribution in [2.45, 2.75) is 13.1 Å². The molecule has 0 aliphatic heterocycles. The summed E-state index contributed by atoms with van der Waals surface area (Å²) < 4.78 is 134. The largest absolute Gasteiger partial charge is 0.348 e. The average Bonchev–Trinajstić information content (AvgIpc) is 2.86. The standard InChI is InChI=1S/C22H10F10N2O2/c23-11-9(12(24)16(28)19(31)15(11)27)21(35)33-5-7-1-2-8(4-3-7)6-34-22(36)10-13(25)17(29)20(32)18(30)14(10)26/h1-4H,5-6H2,(H,33,35)(H,34,36). The lowest BCUT2D eigenvalue weighted by Crippen LogP contribution is -2.27. The van der Waals surface area contributed by atoms with Gasteiger partial charge in [0.25, 0.3) is 11.8 Å². The van der Waals surface area contributed by atoms with E-state index in [1.807, 2.05) is 10.6 Å². The monoisotopic (exact) mass is 524 g/mol. The molecular formula is C22H10F10N2O2. The smallest absolute Gasteiger partial charge is 0.257 e. The highest BCUT2D eigenvalue weighted by atomic mass is 19.2. The summed E-state index contributed by atoms with van der Waals surface area (Å²) in [5.74, 6) is -26.5. The van der Waals surface area contributed by atoms with E-state index in [1.165, 1.54) is 24.3 Å². The third-order valence-electron chi connectivity index (χ3n) is 4.80. The quantitative estimate of drug-likeness (QED) is 0.273. The average molecular weight is 524 g/mol. The third-order valence-corrected chi connectivity index (χ3v) is 4.80. The van der Waals surface area contributed by atoms with Gasteiger partial charge in [-0.2, -0.15) is 0 Å². The Balaban J connectivity index is 1.65. The Labute approximate surface area is 194 Å². The van der Waals surface area contributed by atoms with Crippen molar-refractivity contribution < 1.29 is 53.5 Å². The van der Waals surface area contributed by atoms with Gasteiger partial charge in [0.15, 0.2) is 46.5 Å². The van der Waals surface area contributed by atoms with Gasteiger partial charge < -0.3 is 10.6 Å². The first-order chi connectivity index (χ1) is 16.9. The van der Waals surface area contributed by atoms with Crippen LogP contribution >= 0.6 is 0 Å². The number of nitrogens with one attached hydrogen (secondary N) is 2. The van der Waals surface area contributed by atoms with E-state index >= 15 is 0 Å². The number of amides is 2. The Bertz CT molecular complexity index is 1210. The molecule has 4 nitrogen and oxygen atoms in total. The van der Waals surface area contributed by atoms with Gasteiger partial charge in [0.05, 0.1) is 0 Å². The van der Waals surface area contributed by atoms with Gasteiger partial charge in [-0.1, -0.05) is 24.3 Å². The molecule has 0 aromatic heterocycles. The van der Waals surface area contributed by atoms with E-state index in [2.05, 4.69) is 0 Å². The maximum absolute atomic E-state index is 13.7. The highest BCUT2D eigenvalue weighted by Gasteiger charge is 2.30. The molecule has 190 valence electrons. The SMILES string of the molecule is O=C(NCc1ccc(CNC(=O)c2c(F)c(F)c(F)c(F)c2F)cc1)c1c(F)c(F)c(F)c(F)c1F. The molecule has 0 heterocycles. The van der Waals surface area contributed by atoms with Crippen molar-refractivity contribution >= 4 is 11.8 Å². The minimum absolute atomic E-state index is 0.252. The van der Waals surface area contributed by atoms with Crippen molar-refractivity contribution in [3.63, 3.8) is 0 Å². The second-order valence-corrected chi connectivity index (χ2v) is 7.07. The van der Waals surface area contributed by atoms with Crippen LogP contribution < -0.4 is 10.6 Å². The van der Waals surface area contributed by atoms with Gasteiger partial charge in [-0.3, -0.25) is 9.59 Å². The zero-order valence-corrected chi connectivity index (χ0v) is 17.3. The van der Waals surface area contributed by atoms with Gasteiger partial charge >= 0.3 is 0 Å². The van der Waals surface area contributed by atoms with E-state index in [9.17, 15) is 53.5 Å². The van der Waals surface area contributed by atoms with Gasteiger partial charge in [0.1, 0.15) is 11.1 Å². The topological polar surface area (TPSA) is 58.2 Å². The molecule has 0 atom stereocenters. The Hall–Kier alpha value is -4.10. The molecule has 3 aromatic rings. The number of benzene rings is 3. The first-order valence-electron chi connectivity index (χ1n) is 9.53. The second kappa shape index (κ2) is 10.3. The van der Waals surface area contributed by atoms with Crippen LogP contribution in [0.1, 0.15) is 31.8 Å². The summed E-state index contributed by atoms with van der Waals surface area (Å²) >= 11 is 0. The van der Waals surface area contributed by atoms with Crippen LogP contribution in [-0.4, -0.2) is 11.8 Å². The molecule has 2 amide bonds. The summed E-state index contributed by atoms with van der Waals surface area (Å²) in [6, 6.07) is 5.16. The van der Waals surface area contributed by atoms with Crippen molar-refractivity contribution in [1.29, 1.82) is 0 Å². The molecule has 0 bridgehead atoms. The zero-order chi connectivity index (χ0) is 26.9. The molecule has 0 spiro atoms. The van der Waals surface area contributed by atoms with Crippen LogP contribution in [-0.2, 0) is 13.1 Å². The lowest BCUT2D eigenvalue weighted by molar-refractivity contribution is 0.0930. The summed E-state index contributed by atoms with van der Waals surface area (Å²) in [7, 11) is 0. The maximum atomic E-state index is 13.7. The number of rotatable bonds is 6. The van der Waals surface area contributed by atoms with Gasteiger partial charge in [0.2, 0.25) is 11.6 Å². The van der Waals surface area contributed by atoms with Crippen LogP contribution in [0.2, 0.25) is 0 Å². The van der Waals surface area contributed by atoms with Crippen molar-refractivity contribution in [2.75, 3.05) is 0 Å². The molecule has 3 rings (SSSR count). The van der Waals surface area contributed by atoms with Crippen molar-refractivity contribution in [3.05, 3.63) is 105 Å². The number of carbonyl (C=O) groups is 2. The fourth-order valence-corrected chi connectivity index (χ4v) is 2.92. The number of hydrogen-bond donors (Lipinski definition) is 2. The van der Waals surface area contributed by atoms with Gasteiger partial charge in [-0.05, 0) is 11.1 Å². The predicted molar refractivity (Wildman–Crippen MR) is 101 cm³/mol.